The number of nitrogens with zero attached hydrogens (tertiary/aromatic N) is 1. The Hall–Kier alpha value is -1.80. The molecule has 86 valence electrons. The van der Waals surface area contributed by atoms with E-state index in [1.165, 1.54) is 0 Å². The zero-order valence-corrected chi connectivity index (χ0v) is 9.25. The van der Waals surface area contributed by atoms with Crippen LogP contribution >= 0.6 is 0 Å². The SMILES string of the molecule is Cc1ccc(CNCC(=O)NCCC#N)o1. The fourth-order valence-electron chi connectivity index (χ4n) is 1.20. The minimum Gasteiger partial charge on any atom is -0.465 e. The van der Waals surface area contributed by atoms with Crippen LogP contribution in [0.2, 0.25) is 0 Å². The maximum Gasteiger partial charge on any atom is 0.234 e. The predicted molar refractivity (Wildman–Crippen MR) is 58.4 cm³/mol. The van der Waals surface area contributed by atoms with E-state index in [1.54, 1.807) is 0 Å². The Balaban J connectivity index is 2.11. The van der Waals surface area contributed by atoms with Gasteiger partial charge in [0.2, 0.25) is 5.91 Å². The average molecular weight is 221 g/mol. The Morgan fingerprint density at radius 2 is 2.38 bits per heavy atom. The fourth-order valence-corrected chi connectivity index (χ4v) is 1.20. The highest BCUT2D eigenvalue weighted by Crippen LogP contribution is 2.04. The molecule has 0 spiro atoms. The van der Waals surface area contributed by atoms with Crippen molar-refractivity contribution in [2.45, 2.75) is 19.9 Å². The van der Waals surface area contributed by atoms with Crippen molar-refractivity contribution >= 4 is 5.91 Å². The minimum absolute atomic E-state index is 0.112. The fraction of sp³-hybridized carbons (Fsp3) is 0.455. The molecular weight excluding hydrogens is 206 g/mol. The Morgan fingerprint density at radius 1 is 1.56 bits per heavy atom. The van der Waals surface area contributed by atoms with E-state index in [0.717, 1.165) is 11.5 Å². The number of hydrogen-bond acceptors (Lipinski definition) is 4. The average Bonchev–Trinajstić information content (AvgIpc) is 2.65. The number of nitrogens with one attached hydrogen (secondary N) is 2. The second kappa shape index (κ2) is 6.64. The third kappa shape index (κ3) is 4.62. The summed E-state index contributed by atoms with van der Waals surface area (Å²) in [6, 6.07) is 5.71. The molecule has 1 aromatic rings. The van der Waals surface area contributed by atoms with Crippen molar-refractivity contribution in [3.8, 4) is 6.07 Å². The lowest BCUT2D eigenvalue weighted by molar-refractivity contribution is -0.120. The van der Waals surface area contributed by atoms with Crippen molar-refractivity contribution in [1.29, 1.82) is 5.26 Å². The van der Waals surface area contributed by atoms with Gasteiger partial charge in [-0.25, -0.2) is 0 Å². The van der Waals surface area contributed by atoms with Gasteiger partial charge in [-0.1, -0.05) is 0 Å². The molecule has 5 heteroatoms. The molecule has 0 fully saturated rings. The standard InChI is InChI=1S/C11H15N3O2/c1-9-3-4-10(16-9)7-13-8-11(15)14-6-2-5-12/h3-4,13H,2,6-8H2,1H3,(H,14,15). The number of amides is 1. The molecule has 1 heterocycles. The molecular formula is C11H15N3O2. The molecule has 16 heavy (non-hydrogen) atoms. The van der Waals surface area contributed by atoms with Crippen LogP contribution in [-0.2, 0) is 11.3 Å². The Bertz CT molecular complexity index is 379. The summed E-state index contributed by atoms with van der Waals surface area (Å²) in [6.07, 6.45) is 0.336. The molecule has 0 saturated carbocycles. The van der Waals surface area contributed by atoms with Gasteiger partial charge >= 0.3 is 0 Å². The number of furan rings is 1. The second-order valence-corrected chi connectivity index (χ2v) is 3.37. The molecule has 5 nitrogen and oxygen atoms in total. The van der Waals surface area contributed by atoms with Crippen molar-refractivity contribution in [2.75, 3.05) is 13.1 Å². The molecule has 0 radical (unpaired) electrons. The number of carbonyl (C=O) groups is 1. The van der Waals surface area contributed by atoms with Crippen molar-refractivity contribution in [1.82, 2.24) is 10.6 Å². The topological polar surface area (TPSA) is 78.1 Å². The third-order valence-electron chi connectivity index (χ3n) is 1.94. The first-order valence-electron chi connectivity index (χ1n) is 5.12. The Kier molecular flexibility index (Phi) is 5.09. The molecule has 0 saturated heterocycles. The first kappa shape index (κ1) is 12.3. The van der Waals surface area contributed by atoms with Crippen LogP contribution in [-0.4, -0.2) is 19.0 Å². The van der Waals surface area contributed by atoms with E-state index in [4.69, 9.17) is 9.68 Å². The van der Waals surface area contributed by atoms with Gasteiger partial charge in [0, 0.05) is 6.54 Å². The summed E-state index contributed by atoms with van der Waals surface area (Å²) in [7, 11) is 0. The van der Waals surface area contributed by atoms with Gasteiger partial charge < -0.3 is 15.1 Å². The number of carbonyl (C=O) groups excluding carboxylic acids is 1. The summed E-state index contributed by atoms with van der Waals surface area (Å²) in [6.45, 7) is 3.03. The first-order valence-corrected chi connectivity index (χ1v) is 5.12. The van der Waals surface area contributed by atoms with Crippen molar-refractivity contribution in [2.24, 2.45) is 0 Å². The van der Waals surface area contributed by atoms with E-state index in [0.29, 0.717) is 19.5 Å². The van der Waals surface area contributed by atoms with Crippen LogP contribution in [0.1, 0.15) is 17.9 Å². The van der Waals surface area contributed by atoms with Crippen molar-refractivity contribution < 1.29 is 9.21 Å². The Morgan fingerprint density at radius 3 is 3.00 bits per heavy atom. The van der Waals surface area contributed by atoms with Crippen LogP contribution in [0.5, 0.6) is 0 Å². The number of aryl methyl sites for hydroxylation is 1. The monoisotopic (exact) mass is 221 g/mol. The van der Waals surface area contributed by atoms with E-state index < -0.39 is 0 Å². The summed E-state index contributed by atoms with van der Waals surface area (Å²) in [5.74, 6) is 1.55. The van der Waals surface area contributed by atoms with Crippen LogP contribution < -0.4 is 10.6 Å². The molecule has 1 rings (SSSR count). The molecule has 0 aromatic carbocycles. The van der Waals surface area contributed by atoms with E-state index in [9.17, 15) is 4.79 Å². The predicted octanol–water partition coefficient (Wildman–Crippen LogP) is 0.707. The highest BCUT2D eigenvalue weighted by atomic mass is 16.3. The maximum absolute atomic E-state index is 11.2. The van der Waals surface area contributed by atoms with Gasteiger partial charge in [-0.3, -0.25) is 4.79 Å². The number of hydrogen-bond donors (Lipinski definition) is 2. The van der Waals surface area contributed by atoms with E-state index in [2.05, 4.69) is 10.6 Å². The van der Waals surface area contributed by atoms with Crippen LogP contribution in [0, 0.1) is 18.3 Å². The first-order chi connectivity index (χ1) is 7.72. The van der Waals surface area contributed by atoms with Gasteiger partial charge in [0.1, 0.15) is 11.5 Å². The molecule has 0 bridgehead atoms. The van der Waals surface area contributed by atoms with E-state index in [-0.39, 0.29) is 12.5 Å². The molecule has 1 amide bonds. The summed E-state index contributed by atoms with van der Waals surface area (Å²) in [4.78, 5) is 11.2. The second-order valence-electron chi connectivity index (χ2n) is 3.37. The van der Waals surface area contributed by atoms with E-state index >= 15 is 0 Å². The number of nitriles is 1. The lowest BCUT2D eigenvalue weighted by atomic mass is 10.4. The van der Waals surface area contributed by atoms with Gasteiger partial charge in [0.15, 0.2) is 0 Å². The lowest BCUT2D eigenvalue weighted by Gasteiger charge is -2.03. The van der Waals surface area contributed by atoms with Crippen LogP contribution in [0.4, 0.5) is 0 Å². The number of rotatable bonds is 6. The van der Waals surface area contributed by atoms with Gasteiger partial charge in [0.05, 0.1) is 25.6 Å². The van der Waals surface area contributed by atoms with Gasteiger partial charge in [-0.2, -0.15) is 5.26 Å². The third-order valence-corrected chi connectivity index (χ3v) is 1.94. The lowest BCUT2D eigenvalue weighted by Crippen LogP contribution is -2.33. The quantitative estimate of drug-likeness (QED) is 0.693. The van der Waals surface area contributed by atoms with Crippen molar-refractivity contribution in [3.63, 3.8) is 0 Å². The van der Waals surface area contributed by atoms with E-state index in [1.807, 2.05) is 25.1 Å². The molecule has 0 aliphatic rings. The van der Waals surface area contributed by atoms with Crippen LogP contribution in [0.3, 0.4) is 0 Å². The van der Waals surface area contributed by atoms with Gasteiger partial charge in [0.25, 0.3) is 0 Å². The molecule has 0 aliphatic heterocycles. The van der Waals surface area contributed by atoms with Crippen LogP contribution in [0.25, 0.3) is 0 Å². The van der Waals surface area contributed by atoms with Gasteiger partial charge in [-0.15, -0.1) is 0 Å². The van der Waals surface area contributed by atoms with Crippen molar-refractivity contribution in [3.05, 3.63) is 23.7 Å². The zero-order chi connectivity index (χ0) is 11.8. The highest BCUT2D eigenvalue weighted by Gasteiger charge is 2.01. The smallest absolute Gasteiger partial charge is 0.234 e. The van der Waals surface area contributed by atoms with Crippen LogP contribution in [0.15, 0.2) is 16.5 Å². The zero-order valence-electron chi connectivity index (χ0n) is 9.25. The molecule has 1 aromatic heterocycles. The summed E-state index contributed by atoms with van der Waals surface area (Å²) >= 11 is 0. The maximum atomic E-state index is 11.2. The highest BCUT2D eigenvalue weighted by molar-refractivity contribution is 5.77. The minimum atomic E-state index is -0.112. The summed E-state index contributed by atoms with van der Waals surface area (Å²) < 4.78 is 5.33. The molecule has 0 unspecified atom stereocenters. The van der Waals surface area contributed by atoms with Gasteiger partial charge in [-0.05, 0) is 19.1 Å². The largest absolute Gasteiger partial charge is 0.465 e. The summed E-state index contributed by atoms with van der Waals surface area (Å²) in [5.41, 5.74) is 0. The summed E-state index contributed by atoms with van der Waals surface area (Å²) in [5, 5.41) is 13.9. The normalized spacial score (nSPS) is 9.75. The molecule has 0 aliphatic carbocycles. The molecule has 0 atom stereocenters. The molecule has 2 N–H and O–H groups in total. The Labute approximate surface area is 94.4 Å².